The molecule has 0 aromatic carbocycles. The van der Waals surface area contributed by atoms with Crippen LogP contribution in [0, 0.1) is 11.7 Å². The summed E-state index contributed by atoms with van der Waals surface area (Å²) in [4.78, 5) is 15.3. The average molecular weight is 284 g/mol. The van der Waals surface area contributed by atoms with Crippen LogP contribution in [0.3, 0.4) is 0 Å². The first-order valence-corrected chi connectivity index (χ1v) is 6.66. The second-order valence-corrected chi connectivity index (χ2v) is 4.84. The van der Waals surface area contributed by atoms with E-state index in [1.807, 2.05) is 6.08 Å². The fraction of sp³-hybridized carbons (Fsp3) is 0.429. The van der Waals surface area contributed by atoms with Crippen molar-refractivity contribution in [1.29, 1.82) is 0 Å². The van der Waals surface area contributed by atoms with Gasteiger partial charge in [0.15, 0.2) is 0 Å². The van der Waals surface area contributed by atoms with E-state index in [-0.39, 0.29) is 11.9 Å². The molecule has 5 heteroatoms. The van der Waals surface area contributed by atoms with Gasteiger partial charge in [0.2, 0.25) is 0 Å². The van der Waals surface area contributed by atoms with Crippen LogP contribution < -0.4 is 0 Å². The lowest BCUT2D eigenvalue weighted by molar-refractivity contribution is -0.148. The van der Waals surface area contributed by atoms with Crippen molar-refractivity contribution >= 4 is 23.1 Å². The number of hydrogen-bond acceptors (Lipinski definition) is 3. The van der Waals surface area contributed by atoms with Crippen LogP contribution in [0.25, 0.3) is 5.57 Å². The van der Waals surface area contributed by atoms with E-state index in [1.165, 1.54) is 6.20 Å². The normalized spacial score (nSPS) is 18.9. The van der Waals surface area contributed by atoms with Crippen molar-refractivity contribution in [2.45, 2.75) is 26.2 Å². The smallest absolute Gasteiger partial charge is 0.309 e. The van der Waals surface area contributed by atoms with Crippen LogP contribution in [0.2, 0.25) is 5.02 Å². The molecule has 1 aromatic rings. The van der Waals surface area contributed by atoms with Crippen LogP contribution in [-0.4, -0.2) is 17.6 Å². The van der Waals surface area contributed by atoms with Crippen LogP contribution in [0.15, 0.2) is 18.5 Å². The van der Waals surface area contributed by atoms with Crippen molar-refractivity contribution in [3.63, 3.8) is 0 Å². The molecular formula is C14H15ClFNO2. The molecule has 3 nitrogen and oxygen atoms in total. The van der Waals surface area contributed by atoms with Gasteiger partial charge in [0.25, 0.3) is 0 Å². The molecule has 1 aliphatic carbocycles. The van der Waals surface area contributed by atoms with Gasteiger partial charge in [-0.25, -0.2) is 4.39 Å². The minimum absolute atomic E-state index is 0.132. The summed E-state index contributed by atoms with van der Waals surface area (Å²) in [6.07, 6.45) is 6.28. The molecule has 0 bridgehead atoms. The molecule has 0 saturated heterocycles. The number of carbonyl (C=O) groups excluding carboxylic acids is 1. The number of hydrogen-bond donors (Lipinski definition) is 0. The molecule has 1 heterocycles. The van der Waals surface area contributed by atoms with E-state index in [4.69, 9.17) is 16.3 Å². The molecule has 0 fully saturated rings. The van der Waals surface area contributed by atoms with E-state index < -0.39 is 5.82 Å². The Hall–Kier alpha value is -1.42. The molecule has 1 aromatic heterocycles. The summed E-state index contributed by atoms with van der Waals surface area (Å²) < 4.78 is 18.7. The topological polar surface area (TPSA) is 39.2 Å². The fourth-order valence-corrected chi connectivity index (χ4v) is 2.52. The highest BCUT2D eigenvalue weighted by molar-refractivity contribution is 6.32. The third-order valence-corrected chi connectivity index (χ3v) is 3.49. The number of aromatic nitrogens is 1. The Morgan fingerprint density at radius 1 is 1.58 bits per heavy atom. The Morgan fingerprint density at radius 3 is 2.95 bits per heavy atom. The second kappa shape index (κ2) is 6.15. The monoisotopic (exact) mass is 283 g/mol. The van der Waals surface area contributed by atoms with Crippen molar-refractivity contribution in [2.24, 2.45) is 5.92 Å². The maximum absolute atomic E-state index is 13.7. The summed E-state index contributed by atoms with van der Waals surface area (Å²) in [5.74, 6) is -0.736. The quantitative estimate of drug-likeness (QED) is 0.795. The molecule has 1 unspecified atom stereocenters. The van der Waals surface area contributed by atoms with E-state index >= 15 is 0 Å². The number of ether oxygens (including phenoxy) is 1. The Labute approximate surface area is 116 Å². The second-order valence-electron chi connectivity index (χ2n) is 4.43. The zero-order chi connectivity index (χ0) is 13.8. The molecule has 19 heavy (non-hydrogen) atoms. The van der Waals surface area contributed by atoms with Gasteiger partial charge in [-0.15, -0.1) is 0 Å². The van der Waals surface area contributed by atoms with Gasteiger partial charge in [-0.2, -0.15) is 0 Å². The lowest BCUT2D eigenvalue weighted by Gasteiger charge is -2.21. The summed E-state index contributed by atoms with van der Waals surface area (Å²) in [6.45, 7) is 2.17. The summed E-state index contributed by atoms with van der Waals surface area (Å²) in [5, 5.41) is 0.306. The lowest BCUT2D eigenvalue weighted by Crippen LogP contribution is -2.19. The maximum Gasteiger partial charge on any atom is 0.309 e. The molecule has 0 saturated carbocycles. The molecule has 102 valence electrons. The Bertz CT molecular complexity index is 496. The number of pyridine rings is 1. The average Bonchev–Trinajstić information content (AvgIpc) is 2.39. The van der Waals surface area contributed by atoms with Crippen LogP contribution in [0.1, 0.15) is 31.7 Å². The van der Waals surface area contributed by atoms with E-state index in [0.717, 1.165) is 11.8 Å². The molecule has 0 aliphatic heterocycles. The minimum Gasteiger partial charge on any atom is -0.466 e. The molecule has 1 atom stereocenters. The van der Waals surface area contributed by atoms with E-state index in [0.29, 0.717) is 36.5 Å². The van der Waals surface area contributed by atoms with Crippen LogP contribution in [-0.2, 0) is 9.53 Å². The first kappa shape index (κ1) is 14.0. The highest BCUT2D eigenvalue weighted by Crippen LogP contribution is 2.35. The van der Waals surface area contributed by atoms with Gasteiger partial charge < -0.3 is 4.74 Å². The molecule has 1 aliphatic rings. The third kappa shape index (κ3) is 3.13. The summed E-state index contributed by atoms with van der Waals surface area (Å²) in [5.41, 5.74) is 1.24. The third-order valence-electron chi connectivity index (χ3n) is 3.21. The lowest BCUT2D eigenvalue weighted by atomic mass is 9.87. The number of carbonyl (C=O) groups is 1. The van der Waals surface area contributed by atoms with Crippen molar-refractivity contribution < 1.29 is 13.9 Å². The van der Waals surface area contributed by atoms with Crippen LogP contribution in [0.5, 0.6) is 0 Å². The SMILES string of the molecule is CCOC(=O)C1CC=C(c2c(F)cncc2Cl)CC1. The molecule has 2 rings (SSSR count). The minimum atomic E-state index is -0.423. The zero-order valence-corrected chi connectivity index (χ0v) is 11.4. The molecule has 0 N–H and O–H groups in total. The van der Waals surface area contributed by atoms with Crippen molar-refractivity contribution in [1.82, 2.24) is 4.98 Å². The van der Waals surface area contributed by atoms with E-state index in [2.05, 4.69) is 4.98 Å². The maximum atomic E-state index is 13.7. The molecular weight excluding hydrogens is 269 g/mol. The fourth-order valence-electron chi connectivity index (χ4n) is 2.25. The van der Waals surface area contributed by atoms with Gasteiger partial charge in [-0.1, -0.05) is 17.7 Å². The molecule has 0 amide bonds. The number of halogens is 2. The predicted octanol–water partition coefficient (Wildman–Crippen LogP) is 3.62. The Balaban J connectivity index is 2.15. The number of esters is 1. The van der Waals surface area contributed by atoms with Gasteiger partial charge in [0.05, 0.1) is 23.7 Å². The Morgan fingerprint density at radius 2 is 2.37 bits per heavy atom. The summed E-state index contributed by atoms with van der Waals surface area (Å²) >= 11 is 5.98. The van der Waals surface area contributed by atoms with Gasteiger partial charge in [0, 0.05) is 11.8 Å². The highest BCUT2D eigenvalue weighted by Gasteiger charge is 2.24. The van der Waals surface area contributed by atoms with Crippen molar-refractivity contribution in [3.8, 4) is 0 Å². The Kier molecular flexibility index (Phi) is 4.53. The summed E-state index contributed by atoms with van der Waals surface area (Å²) in [7, 11) is 0. The van der Waals surface area contributed by atoms with Crippen LogP contribution >= 0.6 is 11.6 Å². The number of allylic oxidation sites excluding steroid dienone is 2. The molecule has 0 radical (unpaired) electrons. The van der Waals surface area contributed by atoms with Crippen molar-refractivity contribution in [3.05, 3.63) is 34.9 Å². The zero-order valence-electron chi connectivity index (χ0n) is 10.7. The van der Waals surface area contributed by atoms with Crippen molar-refractivity contribution in [2.75, 3.05) is 6.61 Å². The first-order valence-electron chi connectivity index (χ1n) is 6.28. The number of nitrogens with zero attached hydrogens (tertiary/aromatic N) is 1. The predicted molar refractivity (Wildman–Crippen MR) is 71.2 cm³/mol. The van der Waals surface area contributed by atoms with Gasteiger partial charge in [0.1, 0.15) is 5.82 Å². The van der Waals surface area contributed by atoms with Gasteiger partial charge in [-0.3, -0.25) is 9.78 Å². The highest BCUT2D eigenvalue weighted by atomic mass is 35.5. The van der Waals surface area contributed by atoms with Gasteiger partial charge in [-0.05, 0) is 31.8 Å². The summed E-state index contributed by atoms with van der Waals surface area (Å²) in [6, 6.07) is 0. The standard InChI is InChI=1S/C14H15ClFNO2/c1-2-19-14(18)10-5-3-9(4-6-10)13-11(15)7-17-8-12(13)16/h3,7-8,10H,2,4-6H2,1H3. The van der Waals surface area contributed by atoms with E-state index in [1.54, 1.807) is 6.92 Å². The molecule has 0 spiro atoms. The first-order chi connectivity index (χ1) is 9.13. The van der Waals surface area contributed by atoms with Gasteiger partial charge >= 0.3 is 5.97 Å². The number of rotatable bonds is 3. The largest absolute Gasteiger partial charge is 0.466 e. The van der Waals surface area contributed by atoms with Crippen LogP contribution in [0.4, 0.5) is 4.39 Å². The van der Waals surface area contributed by atoms with E-state index in [9.17, 15) is 9.18 Å².